The summed E-state index contributed by atoms with van der Waals surface area (Å²) in [7, 11) is -3.66. The first kappa shape index (κ1) is 21.4. The molecule has 1 atom stereocenters. The Bertz CT molecular complexity index is 1050. The maximum Gasteiger partial charge on any atom is 0.237 e. The van der Waals surface area contributed by atoms with Crippen LogP contribution in [0.5, 0.6) is 0 Å². The highest BCUT2D eigenvalue weighted by molar-refractivity contribution is 8.01. The third kappa shape index (κ3) is 4.82. The van der Waals surface area contributed by atoms with Gasteiger partial charge in [-0.05, 0) is 56.7 Å². The molecule has 0 aliphatic carbocycles. The summed E-state index contributed by atoms with van der Waals surface area (Å²) in [5.41, 5.74) is 2.29. The van der Waals surface area contributed by atoms with Crippen LogP contribution in [0.3, 0.4) is 0 Å². The molecule has 0 fully saturated rings. The summed E-state index contributed by atoms with van der Waals surface area (Å²) in [6, 6.07) is 12.3. The number of nitrogens with one attached hydrogen (secondary N) is 1. The lowest BCUT2D eigenvalue weighted by atomic mass is 10.2. The molecular formula is C21H24N2O4S2. The number of anilines is 2. The highest BCUT2D eigenvalue weighted by Crippen LogP contribution is 2.37. The van der Waals surface area contributed by atoms with Crippen molar-refractivity contribution in [2.75, 3.05) is 22.5 Å². The van der Waals surface area contributed by atoms with Crippen molar-refractivity contribution in [3.05, 3.63) is 48.0 Å². The van der Waals surface area contributed by atoms with Gasteiger partial charge in [0.25, 0.3) is 0 Å². The van der Waals surface area contributed by atoms with Gasteiger partial charge < -0.3 is 10.2 Å². The number of hydrogen-bond donors (Lipinski definition) is 1. The fourth-order valence-electron chi connectivity index (χ4n) is 3.15. The van der Waals surface area contributed by atoms with Gasteiger partial charge in [-0.3, -0.25) is 9.59 Å². The summed E-state index contributed by atoms with van der Waals surface area (Å²) in [6.45, 7) is 6.06. The second kappa shape index (κ2) is 8.59. The predicted octanol–water partition coefficient (Wildman–Crippen LogP) is 3.64. The van der Waals surface area contributed by atoms with Gasteiger partial charge in [0.2, 0.25) is 11.8 Å². The van der Waals surface area contributed by atoms with E-state index < -0.39 is 9.84 Å². The molecular weight excluding hydrogens is 408 g/mol. The van der Waals surface area contributed by atoms with Crippen LogP contribution < -0.4 is 10.2 Å². The lowest BCUT2D eigenvalue weighted by molar-refractivity contribution is -0.118. The fourth-order valence-corrected chi connectivity index (χ4v) is 5.34. The normalized spacial score (nSPS) is 16.1. The van der Waals surface area contributed by atoms with Gasteiger partial charge in [-0.15, -0.1) is 11.8 Å². The van der Waals surface area contributed by atoms with Crippen molar-refractivity contribution >= 4 is 44.8 Å². The van der Waals surface area contributed by atoms with Crippen LogP contribution in [0.2, 0.25) is 0 Å². The summed E-state index contributed by atoms with van der Waals surface area (Å²) in [5, 5.41) is 2.52. The molecule has 0 unspecified atom stereocenters. The Morgan fingerprint density at radius 3 is 2.66 bits per heavy atom. The molecule has 2 aromatic rings. The monoisotopic (exact) mass is 432 g/mol. The molecule has 2 aromatic carbocycles. The van der Waals surface area contributed by atoms with Crippen molar-refractivity contribution in [2.24, 2.45) is 0 Å². The first-order valence-corrected chi connectivity index (χ1v) is 12.0. The van der Waals surface area contributed by atoms with Gasteiger partial charge in [0, 0.05) is 23.5 Å². The summed E-state index contributed by atoms with van der Waals surface area (Å²) in [4.78, 5) is 27.1. The molecule has 0 saturated carbocycles. The zero-order valence-corrected chi connectivity index (χ0v) is 18.3. The van der Waals surface area contributed by atoms with Crippen LogP contribution in [0.15, 0.2) is 52.3 Å². The number of sulfone groups is 1. The molecule has 0 aromatic heterocycles. The number of hydrogen-bond acceptors (Lipinski definition) is 5. The van der Waals surface area contributed by atoms with Gasteiger partial charge in [-0.2, -0.15) is 0 Å². The molecule has 2 amide bonds. The number of amides is 2. The van der Waals surface area contributed by atoms with Gasteiger partial charge in [-0.25, -0.2) is 8.42 Å². The lowest BCUT2D eigenvalue weighted by Gasteiger charge is -2.22. The van der Waals surface area contributed by atoms with Crippen molar-refractivity contribution < 1.29 is 18.0 Å². The predicted molar refractivity (Wildman–Crippen MR) is 116 cm³/mol. The van der Waals surface area contributed by atoms with Crippen molar-refractivity contribution in [1.82, 2.24) is 0 Å². The van der Waals surface area contributed by atoms with Crippen LogP contribution >= 0.6 is 11.8 Å². The number of benzene rings is 2. The third-order valence-electron chi connectivity index (χ3n) is 4.76. The molecule has 0 saturated heterocycles. The highest BCUT2D eigenvalue weighted by Gasteiger charge is 2.26. The number of carbonyl (C=O) groups excluding carboxylic acids is 2. The topological polar surface area (TPSA) is 83.6 Å². The highest BCUT2D eigenvalue weighted by atomic mass is 32.2. The van der Waals surface area contributed by atoms with E-state index in [0.29, 0.717) is 12.2 Å². The van der Waals surface area contributed by atoms with E-state index in [4.69, 9.17) is 0 Å². The smallest absolute Gasteiger partial charge is 0.237 e. The Hall–Kier alpha value is -2.32. The van der Waals surface area contributed by atoms with E-state index in [-0.39, 0.29) is 34.1 Å². The van der Waals surface area contributed by atoms with Crippen LogP contribution in [0.1, 0.15) is 25.8 Å². The Kier molecular flexibility index (Phi) is 6.33. The minimum atomic E-state index is -3.66. The summed E-state index contributed by atoms with van der Waals surface area (Å²) >= 11 is 1.40. The van der Waals surface area contributed by atoms with Crippen LogP contribution in [0.4, 0.5) is 11.4 Å². The lowest BCUT2D eigenvalue weighted by Crippen LogP contribution is -2.32. The maximum atomic E-state index is 12.8. The average molecular weight is 433 g/mol. The quantitative estimate of drug-likeness (QED) is 0.753. The first-order chi connectivity index (χ1) is 13.7. The van der Waals surface area contributed by atoms with Crippen LogP contribution in [-0.4, -0.2) is 37.8 Å². The number of nitrogens with zero attached hydrogens (tertiary/aromatic N) is 1. The fraction of sp³-hybridized carbons (Fsp3) is 0.333. The van der Waals surface area contributed by atoms with E-state index in [1.54, 1.807) is 17.9 Å². The number of fused-ring (bicyclic) bond motifs is 1. The molecule has 0 spiro atoms. The molecule has 0 bridgehead atoms. The van der Waals surface area contributed by atoms with E-state index in [9.17, 15) is 18.0 Å². The molecule has 8 heteroatoms. The molecule has 154 valence electrons. The zero-order valence-electron chi connectivity index (χ0n) is 16.6. The van der Waals surface area contributed by atoms with Gasteiger partial charge >= 0.3 is 0 Å². The van der Waals surface area contributed by atoms with Crippen molar-refractivity contribution in [3.63, 3.8) is 0 Å². The van der Waals surface area contributed by atoms with E-state index in [1.165, 1.54) is 23.9 Å². The Balaban J connectivity index is 1.73. The second-order valence-corrected chi connectivity index (χ2v) is 10.4. The molecule has 0 radical (unpaired) electrons. The minimum absolute atomic E-state index is 0.109. The minimum Gasteiger partial charge on any atom is -0.324 e. The van der Waals surface area contributed by atoms with Crippen molar-refractivity contribution in [3.8, 4) is 0 Å². The summed E-state index contributed by atoms with van der Waals surface area (Å²) < 4.78 is 25.6. The van der Waals surface area contributed by atoms with Crippen molar-refractivity contribution in [1.29, 1.82) is 0 Å². The second-order valence-electron chi connectivity index (χ2n) is 6.95. The Morgan fingerprint density at radius 1 is 1.21 bits per heavy atom. The number of rotatable bonds is 6. The van der Waals surface area contributed by atoms with Gasteiger partial charge in [0.05, 0.1) is 21.6 Å². The first-order valence-electron chi connectivity index (χ1n) is 9.42. The van der Waals surface area contributed by atoms with Crippen molar-refractivity contribution in [2.45, 2.75) is 42.2 Å². The molecule has 6 nitrogen and oxygen atoms in total. The standard InChI is InChI=1S/C21H24N2O4S2/c1-4-23(16-7-5-6-14(2)12-16)20(24)10-11-29(26,27)17-8-9-19-18(13-17)22-21(25)15(3)28-19/h5-9,12-13,15H,4,10-11H2,1-3H3,(H,22,25)/t15-/m1/s1. The maximum absolute atomic E-state index is 12.8. The summed E-state index contributed by atoms with van der Waals surface area (Å²) in [5.74, 6) is -0.675. The molecule has 1 aliphatic rings. The molecule has 1 aliphatic heterocycles. The van der Waals surface area contributed by atoms with E-state index >= 15 is 0 Å². The van der Waals surface area contributed by atoms with E-state index in [1.807, 2.05) is 38.1 Å². The van der Waals surface area contributed by atoms with Crippen LogP contribution in [0.25, 0.3) is 0 Å². The molecule has 3 rings (SSSR count). The van der Waals surface area contributed by atoms with Gasteiger partial charge in [0.15, 0.2) is 9.84 Å². The number of thioether (sulfide) groups is 1. The van der Waals surface area contributed by atoms with Crippen LogP contribution in [0, 0.1) is 6.92 Å². The average Bonchev–Trinajstić information content (AvgIpc) is 2.67. The SMILES string of the molecule is CCN(C(=O)CCS(=O)(=O)c1ccc2c(c1)NC(=O)[C@@H](C)S2)c1cccc(C)c1. The Morgan fingerprint density at radius 2 is 1.97 bits per heavy atom. The van der Waals surface area contributed by atoms with E-state index in [2.05, 4.69) is 5.32 Å². The van der Waals surface area contributed by atoms with E-state index in [0.717, 1.165) is 16.1 Å². The largest absolute Gasteiger partial charge is 0.324 e. The molecule has 29 heavy (non-hydrogen) atoms. The summed E-state index contributed by atoms with van der Waals surface area (Å²) in [6.07, 6.45) is -0.112. The third-order valence-corrected chi connectivity index (χ3v) is 7.65. The molecule has 1 heterocycles. The Labute approximate surface area is 175 Å². The van der Waals surface area contributed by atoms with Crippen LogP contribution in [-0.2, 0) is 19.4 Å². The van der Waals surface area contributed by atoms with Gasteiger partial charge in [0.1, 0.15) is 0 Å². The number of aryl methyl sites for hydroxylation is 1. The van der Waals surface area contributed by atoms with Gasteiger partial charge in [-0.1, -0.05) is 12.1 Å². The number of carbonyl (C=O) groups is 2. The zero-order chi connectivity index (χ0) is 21.2. The molecule has 1 N–H and O–H groups in total.